The fourth-order valence-electron chi connectivity index (χ4n) is 3.71. The Morgan fingerprint density at radius 2 is 1.96 bits per heavy atom. The van der Waals surface area contributed by atoms with Crippen molar-refractivity contribution in [2.45, 2.75) is 50.4 Å². The van der Waals surface area contributed by atoms with E-state index in [0.29, 0.717) is 22.6 Å². The minimum Gasteiger partial charge on any atom is -0.393 e. The van der Waals surface area contributed by atoms with Gasteiger partial charge < -0.3 is 10.4 Å². The van der Waals surface area contributed by atoms with E-state index in [-0.39, 0.29) is 18.6 Å². The van der Waals surface area contributed by atoms with E-state index in [1.165, 1.54) is 12.2 Å². The van der Waals surface area contributed by atoms with Gasteiger partial charge in [0.25, 0.3) is 0 Å². The second kappa shape index (κ2) is 6.99. The highest BCUT2D eigenvalue weighted by atomic mass is 19.4. The van der Waals surface area contributed by atoms with Gasteiger partial charge in [-0.05, 0) is 43.7 Å². The molecule has 0 amide bonds. The molecule has 0 spiro atoms. The van der Waals surface area contributed by atoms with E-state index in [4.69, 9.17) is 0 Å². The van der Waals surface area contributed by atoms with Crippen LogP contribution in [0, 0.1) is 5.92 Å². The van der Waals surface area contributed by atoms with Crippen LogP contribution in [0.3, 0.4) is 0 Å². The number of nitrogens with one attached hydrogen (secondary N) is 1. The molecule has 2 aliphatic carbocycles. The van der Waals surface area contributed by atoms with Crippen molar-refractivity contribution in [3.63, 3.8) is 0 Å². The van der Waals surface area contributed by atoms with E-state index >= 15 is 0 Å². The summed E-state index contributed by atoms with van der Waals surface area (Å²) in [5, 5.41) is 17.2. The van der Waals surface area contributed by atoms with Crippen LogP contribution in [0.5, 0.6) is 0 Å². The Bertz CT molecular complexity index is 879. The number of nitrogens with zero attached hydrogens (tertiary/aromatic N) is 3. The number of hydrogen-bond donors (Lipinski definition) is 2. The van der Waals surface area contributed by atoms with Crippen molar-refractivity contribution in [1.82, 2.24) is 14.6 Å². The summed E-state index contributed by atoms with van der Waals surface area (Å²) in [5.74, 6) is -0.813. The molecule has 1 unspecified atom stereocenters. The first-order valence-corrected chi connectivity index (χ1v) is 9.13. The first-order chi connectivity index (χ1) is 12.9. The molecule has 0 aliphatic heterocycles. The average molecular weight is 378 g/mol. The third kappa shape index (κ3) is 3.85. The van der Waals surface area contributed by atoms with Crippen LogP contribution in [-0.4, -0.2) is 38.0 Å². The number of fused-ring (bicyclic) bond motifs is 1. The number of halogens is 3. The van der Waals surface area contributed by atoms with E-state index in [2.05, 4.69) is 15.4 Å². The highest BCUT2D eigenvalue weighted by molar-refractivity contribution is 5.78. The first kappa shape index (κ1) is 18.0. The van der Waals surface area contributed by atoms with E-state index in [9.17, 15) is 18.3 Å². The molecule has 0 saturated heterocycles. The van der Waals surface area contributed by atoms with Gasteiger partial charge in [-0.1, -0.05) is 18.2 Å². The second-order valence-corrected chi connectivity index (χ2v) is 7.22. The summed E-state index contributed by atoms with van der Waals surface area (Å²) in [7, 11) is 0. The normalized spacial score (nSPS) is 26.2. The standard InChI is InChI=1S/C19H21F3N4O/c20-19(21,22)13-3-1-2-12(10-13)16-11-23-26-9-8-17(25-18(16)26)24-14-4-6-15(27)7-5-14/h1-3,8-9,11,13-15,27H,4-7,10H2,(H,24,25). The zero-order valence-corrected chi connectivity index (χ0v) is 14.7. The summed E-state index contributed by atoms with van der Waals surface area (Å²) in [6.45, 7) is 0. The molecule has 2 aliphatic rings. The molecule has 8 heteroatoms. The van der Waals surface area contributed by atoms with Crippen molar-refractivity contribution in [1.29, 1.82) is 0 Å². The summed E-state index contributed by atoms with van der Waals surface area (Å²) in [5.41, 5.74) is 1.75. The molecule has 0 aromatic carbocycles. The van der Waals surface area contributed by atoms with Gasteiger partial charge in [0.2, 0.25) is 0 Å². The molecular weight excluding hydrogens is 357 g/mol. The minimum atomic E-state index is -4.26. The SMILES string of the molecule is OC1CCC(Nc2ccn3ncc(C4=CC=CC(C(F)(F)F)C4)c3n2)CC1. The van der Waals surface area contributed by atoms with E-state index < -0.39 is 12.1 Å². The lowest BCUT2D eigenvalue weighted by atomic mass is 9.90. The van der Waals surface area contributed by atoms with Gasteiger partial charge in [-0.2, -0.15) is 18.3 Å². The molecule has 0 bridgehead atoms. The molecule has 5 nitrogen and oxygen atoms in total. The van der Waals surface area contributed by atoms with Crippen LogP contribution < -0.4 is 5.32 Å². The van der Waals surface area contributed by atoms with Crippen LogP contribution in [0.25, 0.3) is 11.2 Å². The third-order valence-electron chi connectivity index (χ3n) is 5.26. The van der Waals surface area contributed by atoms with Gasteiger partial charge >= 0.3 is 6.18 Å². The summed E-state index contributed by atoms with van der Waals surface area (Å²) in [4.78, 5) is 4.59. The maximum Gasteiger partial charge on any atom is 0.395 e. The molecular formula is C19H21F3N4O. The van der Waals surface area contributed by atoms with Crippen molar-refractivity contribution in [2.75, 3.05) is 5.32 Å². The smallest absolute Gasteiger partial charge is 0.393 e. The summed E-state index contributed by atoms with van der Waals surface area (Å²) < 4.78 is 40.8. The predicted octanol–water partition coefficient (Wildman–Crippen LogP) is 3.97. The number of rotatable bonds is 3. The van der Waals surface area contributed by atoms with Gasteiger partial charge in [-0.3, -0.25) is 0 Å². The Hall–Kier alpha value is -2.35. The monoisotopic (exact) mass is 378 g/mol. The van der Waals surface area contributed by atoms with Gasteiger partial charge in [-0.15, -0.1) is 0 Å². The first-order valence-electron chi connectivity index (χ1n) is 9.13. The lowest BCUT2D eigenvalue weighted by Crippen LogP contribution is -2.28. The van der Waals surface area contributed by atoms with Crippen molar-refractivity contribution in [2.24, 2.45) is 5.92 Å². The Morgan fingerprint density at radius 1 is 1.19 bits per heavy atom. The van der Waals surface area contributed by atoms with Gasteiger partial charge in [0.1, 0.15) is 5.82 Å². The zero-order chi connectivity index (χ0) is 19.0. The third-order valence-corrected chi connectivity index (χ3v) is 5.26. The molecule has 27 heavy (non-hydrogen) atoms. The van der Waals surface area contributed by atoms with Crippen LogP contribution >= 0.6 is 0 Å². The number of aromatic nitrogens is 3. The number of anilines is 1. The fraction of sp³-hybridized carbons (Fsp3) is 0.474. The Labute approximate surface area is 154 Å². The Morgan fingerprint density at radius 3 is 2.70 bits per heavy atom. The van der Waals surface area contributed by atoms with Crippen LogP contribution in [0.1, 0.15) is 37.7 Å². The molecule has 2 aromatic heterocycles. The largest absolute Gasteiger partial charge is 0.395 e. The summed E-state index contributed by atoms with van der Waals surface area (Å²) in [6, 6.07) is 2.05. The van der Waals surface area contributed by atoms with Crippen molar-refractivity contribution >= 4 is 17.0 Å². The van der Waals surface area contributed by atoms with Crippen LogP contribution in [-0.2, 0) is 0 Å². The van der Waals surface area contributed by atoms with Gasteiger partial charge in [0, 0.05) is 17.8 Å². The average Bonchev–Trinajstić information content (AvgIpc) is 3.06. The van der Waals surface area contributed by atoms with Crippen molar-refractivity contribution in [3.8, 4) is 0 Å². The molecule has 0 radical (unpaired) electrons. The predicted molar refractivity (Wildman–Crippen MR) is 96.2 cm³/mol. The lowest BCUT2D eigenvalue weighted by molar-refractivity contribution is -0.159. The van der Waals surface area contributed by atoms with Gasteiger partial charge in [0.15, 0.2) is 5.65 Å². The maximum absolute atomic E-state index is 13.1. The topological polar surface area (TPSA) is 62.5 Å². The molecule has 144 valence electrons. The molecule has 2 aromatic rings. The van der Waals surface area contributed by atoms with Gasteiger partial charge in [0.05, 0.1) is 18.2 Å². The molecule has 2 heterocycles. The zero-order valence-electron chi connectivity index (χ0n) is 14.7. The highest BCUT2D eigenvalue weighted by Crippen LogP contribution is 2.38. The van der Waals surface area contributed by atoms with Gasteiger partial charge in [-0.25, -0.2) is 9.50 Å². The van der Waals surface area contributed by atoms with Crippen LogP contribution in [0.15, 0.2) is 36.7 Å². The van der Waals surface area contributed by atoms with E-state index in [1.54, 1.807) is 23.0 Å². The second-order valence-electron chi connectivity index (χ2n) is 7.22. The van der Waals surface area contributed by atoms with Crippen molar-refractivity contribution < 1.29 is 18.3 Å². The number of allylic oxidation sites excluding steroid dienone is 4. The van der Waals surface area contributed by atoms with E-state index in [0.717, 1.165) is 25.7 Å². The molecule has 1 fully saturated rings. The van der Waals surface area contributed by atoms with Crippen LogP contribution in [0.4, 0.5) is 19.0 Å². The van der Waals surface area contributed by atoms with E-state index in [1.807, 2.05) is 6.07 Å². The number of aliphatic hydroxyl groups excluding tert-OH is 1. The summed E-state index contributed by atoms with van der Waals surface area (Å²) in [6.07, 6.45) is 6.32. The Balaban J connectivity index is 1.57. The molecule has 1 saturated carbocycles. The minimum absolute atomic E-state index is 0.110. The van der Waals surface area contributed by atoms with Crippen LogP contribution in [0.2, 0.25) is 0 Å². The maximum atomic E-state index is 13.1. The lowest BCUT2D eigenvalue weighted by Gasteiger charge is -2.26. The Kier molecular flexibility index (Phi) is 4.67. The highest BCUT2D eigenvalue weighted by Gasteiger charge is 2.39. The fourth-order valence-corrected chi connectivity index (χ4v) is 3.71. The molecule has 2 N–H and O–H groups in total. The number of hydrogen-bond acceptors (Lipinski definition) is 4. The quantitative estimate of drug-likeness (QED) is 0.849. The summed E-state index contributed by atoms with van der Waals surface area (Å²) >= 11 is 0. The number of alkyl halides is 3. The molecule has 4 rings (SSSR count). The number of aliphatic hydroxyl groups is 1. The van der Waals surface area contributed by atoms with Crippen molar-refractivity contribution in [3.05, 3.63) is 42.3 Å². The molecule has 1 atom stereocenters.